The molecule has 0 bridgehead atoms. The van der Waals surface area contributed by atoms with E-state index >= 15 is 0 Å². The Morgan fingerprint density at radius 1 is 1.19 bits per heavy atom. The molecule has 2 N–H and O–H groups in total. The lowest BCUT2D eigenvalue weighted by atomic mass is 10.1. The molecule has 0 saturated carbocycles. The standard InChI is InChI=1S/C18H19NO2/c1-13-6-5-7-15(12-13)10-11-18(21)19-17-9-4-3-8-16(17)14(2)20/h3-12,14,20H,1-2H3,(H,19,21). The summed E-state index contributed by atoms with van der Waals surface area (Å²) in [6.07, 6.45) is 2.64. The van der Waals surface area contributed by atoms with E-state index in [1.807, 2.05) is 43.3 Å². The van der Waals surface area contributed by atoms with Gasteiger partial charge >= 0.3 is 0 Å². The van der Waals surface area contributed by atoms with E-state index in [9.17, 15) is 9.90 Å². The van der Waals surface area contributed by atoms with Gasteiger partial charge in [0.2, 0.25) is 5.91 Å². The third kappa shape index (κ3) is 4.29. The maximum absolute atomic E-state index is 12.0. The van der Waals surface area contributed by atoms with Gasteiger partial charge < -0.3 is 10.4 Å². The first-order valence-electron chi connectivity index (χ1n) is 6.89. The lowest BCUT2D eigenvalue weighted by Crippen LogP contribution is -2.10. The molecule has 0 spiro atoms. The van der Waals surface area contributed by atoms with Crippen LogP contribution in [0.2, 0.25) is 0 Å². The number of carbonyl (C=O) groups excluding carboxylic acids is 1. The number of hydrogen-bond donors (Lipinski definition) is 2. The van der Waals surface area contributed by atoms with Gasteiger partial charge in [0, 0.05) is 17.3 Å². The number of carbonyl (C=O) groups is 1. The molecule has 1 unspecified atom stereocenters. The molecule has 0 fully saturated rings. The molecular formula is C18H19NO2. The molecule has 1 atom stereocenters. The second kappa shape index (κ2) is 6.86. The average molecular weight is 281 g/mol. The van der Waals surface area contributed by atoms with Crippen LogP contribution in [0.15, 0.2) is 54.6 Å². The van der Waals surface area contributed by atoms with Gasteiger partial charge in [-0.15, -0.1) is 0 Å². The fourth-order valence-electron chi connectivity index (χ4n) is 2.10. The minimum atomic E-state index is -0.623. The van der Waals surface area contributed by atoms with Gasteiger partial charge in [-0.2, -0.15) is 0 Å². The van der Waals surface area contributed by atoms with Crippen LogP contribution in [0.25, 0.3) is 6.08 Å². The van der Waals surface area contributed by atoms with E-state index < -0.39 is 6.10 Å². The Balaban J connectivity index is 2.09. The Hall–Kier alpha value is -2.39. The Bertz CT molecular complexity index is 660. The van der Waals surface area contributed by atoms with Crippen LogP contribution < -0.4 is 5.32 Å². The van der Waals surface area contributed by atoms with Crippen molar-refractivity contribution in [3.05, 3.63) is 71.3 Å². The van der Waals surface area contributed by atoms with Crippen LogP contribution in [0.5, 0.6) is 0 Å². The number of amides is 1. The summed E-state index contributed by atoms with van der Waals surface area (Å²) < 4.78 is 0. The molecule has 0 aliphatic carbocycles. The molecular weight excluding hydrogens is 262 g/mol. The first-order valence-corrected chi connectivity index (χ1v) is 6.89. The van der Waals surface area contributed by atoms with E-state index in [2.05, 4.69) is 5.32 Å². The normalized spacial score (nSPS) is 12.3. The summed E-state index contributed by atoms with van der Waals surface area (Å²) in [5.41, 5.74) is 3.46. The van der Waals surface area contributed by atoms with Crippen molar-refractivity contribution in [1.82, 2.24) is 0 Å². The molecule has 2 aromatic carbocycles. The van der Waals surface area contributed by atoms with Gasteiger partial charge in [-0.3, -0.25) is 4.79 Å². The summed E-state index contributed by atoms with van der Waals surface area (Å²) in [5, 5.41) is 12.5. The van der Waals surface area contributed by atoms with Crippen LogP contribution in [0.3, 0.4) is 0 Å². The fourth-order valence-corrected chi connectivity index (χ4v) is 2.10. The maximum Gasteiger partial charge on any atom is 0.248 e. The number of benzene rings is 2. The second-order valence-corrected chi connectivity index (χ2v) is 5.00. The van der Waals surface area contributed by atoms with Crippen molar-refractivity contribution in [3.8, 4) is 0 Å². The number of aryl methyl sites for hydroxylation is 1. The van der Waals surface area contributed by atoms with E-state index in [1.165, 1.54) is 6.08 Å². The summed E-state index contributed by atoms with van der Waals surface area (Å²) >= 11 is 0. The third-order valence-electron chi connectivity index (χ3n) is 3.14. The molecule has 0 saturated heterocycles. The van der Waals surface area contributed by atoms with Crippen molar-refractivity contribution in [2.75, 3.05) is 5.32 Å². The lowest BCUT2D eigenvalue weighted by Gasteiger charge is -2.11. The Kier molecular flexibility index (Phi) is 4.90. The summed E-state index contributed by atoms with van der Waals surface area (Å²) in [6.45, 7) is 3.68. The molecule has 3 heteroatoms. The number of para-hydroxylation sites is 1. The van der Waals surface area contributed by atoms with E-state index in [-0.39, 0.29) is 5.91 Å². The average Bonchev–Trinajstić information content (AvgIpc) is 2.45. The van der Waals surface area contributed by atoms with Crippen molar-refractivity contribution in [3.63, 3.8) is 0 Å². The number of rotatable bonds is 4. The van der Waals surface area contributed by atoms with Crippen molar-refractivity contribution in [1.29, 1.82) is 0 Å². The first-order chi connectivity index (χ1) is 10.1. The number of nitrogens with one attached hydrogen (secondary N) is 1. The first kappa shape index (κ1) is 15.0. The summed E-state index contributed by atoms with van der Waals surface area (Å²) in [4.78, 5) is 12.0. The SMILES string of the molecule is Cc1cccc(C=CC(=O)Nc2ccccc2C(C)O)c1. The quantitative estimate of drug-likeness (QED) is 0.839. The third-order valence-corrected chi connectivity index (χ3v) is 3.14. The Morgan fingerprint density at radius 3 is 2.67 bits per heavy atom. The molecule has 0 aliphatic rings. The van der Waals surface area contributed by atoms with Gasteiger partial charge in [-0.1, -0.05) is 48.0 Å². The van der Waals surface area contributed by atoms with Gasteiger partial charge in [0.15, 0.2) is 0 Å². The molecule has 3 nitrogen and oxygen atoms in total. The molecule has 1 amide bonds. The number of aliphatic hydroxyl groups excluding tert-OH is 1. The number of hydrogen-bond acceptors (Lipinski definition) is 2. The van der Waals surface area contributed by atoms with Crippen LogP contribution in [0.1, 0.15) is 29.7 Å². The highest BCUT2D eigenvalue weighted by Crippen LogP contribution is 2.22. The zero-order valence-corrected chi connectivity index (χ0v) is 12.2. The lowest BCUT2D eigenvalue weighted by molar-refractivity contribution is -0.111. The van der Waals surface area contributed by atoms with Crippen LogP contribution in [-0.4, -0.2) is 11.0 Å². The van der Waals surface area contributed by atoms with Gasteiger partial charge in [0.25, 0.3) is 0 Å². The van der Waals surface area contributed by atoms with Crippen LogP contribution in [0.4, 0.5) is 5.69 Å². The van der Waals surface area contributed by atoms with E-state index in [4.69, 9.17) is 0 Å². The van der Waals surface area contributed by atoms with E-state index in [0.29, 0.717) is 11.3 Å². The predicted molar refractivity (Wildman–Crippen MR) is 85.9 cm³/mol. The van der Waals surface area contributed by atoms with Crippen molar-refractivity contribution in [2.24, 2.45) is 0 Å². The summed E-state index contributed by atoms with van der Waals surface area (Å²) in [7, 11) is 0. The molecule has 0 aliphatic heterocycles. The summed E-state index contributed by atoms with van der Waals surface area (Å²) in [5.74, 6) is -0.218. The molecule has 0 radical (unpaired) electrons. The largest absolute Gasteiger partial charge is 0.389 e. The molecule has 2 aromatic rings. The highest BCUT2D eigenvalue weighted by molar-refractivity contribution is 6.02. The second-order valence-electron chi connectivity index (χ2n) is 5.00. The van der Waals surface area contributed by atoms with Gasteiger partial charge in [0.1, 0.15) is 0 Å². The molecule has 21 heavy (non-hydrogen) atoms. The van der Waals surface area contributed by atoms with Gasteiger partial charge in [-0.05, 0) is 31.6 Å². The number of anilines is 1. The zero-order chi connectivity index (χ0) is 15.2. The Morgan fingerprint density at radius 2 is 1.95 bits per heavy atom. The topological polar surface area (TPSA) is 49.3 Å². The van der Waals surface area contributed by atoms with E-state index in [1.54, 1.807) is 25.1 Å². The highest BCUT2D eigenvalue weighted by Gasteiger charge is 2.08. The molecule has 0 aromatic heterocycles. The van der Waals surface area contributed by atoms with Crippen LogP contribution in [0, 0.1) is 6.92 Å². The zero-order valence-electron chi connectivity index (χ0n) is 12.2. The minimum Gasteiger partial charge on any atom is -0.389 e. The van der Waals surface area contributed by atoms with Crippen molar-refractivity contribution < 1.29 is 9.90 Å². The van der Waals surface area contributed by atoms with Crippen LogP contribution >= 0.6 is 0 Å². The predicted octanol–water partition coefficient (Wildman–Crippen LogP) is 3.70. The minimum absolute atomic E-state index is 0.218. The van der Waals surface area contributed by atoms with E-state index in [0.717, 1.165) is 11.1 Å². The summed E-state index contributed by atoms with van der Waals surface area (Å²) in [6, 6.07) is 15.1. The van der Waals surface area contributed by atoms with Crippen LogP contribution in [-0.2, 0) is 4.79 Å². The van der Waals surface area contributed by atoms with Crippen molar-refractivity contribution >= 4 is 17.7 Å². The fraction of sp³-hybridized carbons (Fsp3) is 0.167. The van der Waals surface area contributed by atoms with Gasteiger partial charge in [-0.25, -0.2) is 0 Å². The number of aliphatic hydroxyl groups is 1. The smallest absolute Gasteiger partial charge is 0.248 e. The highest BCUT2D eigenvalue weighted by atomic mass is 16.3. The van der Waals surface area contributed by atoms with Gasteiger partial charge in [0.05, 0.1) is 6.10 Å². The molecule has 108 valence electrons. The van der Waals surface area contributed by atoms with Crippen molar-refractivity contribution in [2.45, 2.75) is 20.0 Å². The Labute approximate surface area is 124 Å². The monoisotopic (exact) mass is 281 g/mol. The molecule has 0 heterocycles. The maximum atomic E-state index is 12.0. The molecule has 2 rings (SSSR count).